The number of carboxylic acids is 1. The summed E-state index contributed by atoms with van der Waals surface area (Å²) in [6, 6.07) is 12.1. The molecule has 0 saturated heterocycles. The number of aliphatic carboxylic acids is 1. The highest BCUT2D eigenvalue weighted by atomic mass is 35.5. The topological polar surface area (TPSA) is 81.4 Å². The van der Waals surface area contributed by atoms with Crippen molar-refractivity contribution < 1.29 is 19.4 Å². The number of ether oxygens (including phenoxy) is 1. The monoisotopic (exact) mass is 406 g/mol. The maximum absolute atomic E-state index is 12.7. The quantitative estimate of drug-likeness (QED) is 0.608. The average molecular weight is 407 g/mol. The number of aromatic nitrogens is 2. The largest absolute Gasteiger partial charge is 0.484 e. The van der Waals surface area contributed by atoms with E-state index < -0.39 is 5.97 Å². The molecule has 140 valence electrons. The summed E-state index contributed by atoms with van der Waals surface area (Å²) in [5.74, 6) is -0.314. The van der Waals surface area contributed by atoms with E-state index in [1.165, 1.54) is 4.57 Å². The first-order valence-electron chi connectivity index (χ1n) is 8.25. The fourth-order valence-corrected chi connectivity index (χ4v) is 3.15. The molecule has 3 rings (SSSR count). The second kappa shape index (κ2) is 8.41. The number of carbonyl (C=O) groups excluding carboxylic acids is 1. The van der Waals surface area contributed by atoms with Gasteiger partial charge in [0.05, 0.1) is 16.1 Å². The maximum Gasteiger partial charge on any atom is 0.303 e. The Labute approximate surface area is 165 Å². The number of carbonyl (C=O) groups is 2. The summed E-state index contributed by atoms with van der Waals surface area (Å²) in [6.45, 7) is 0.0285. The van der Waals surface area contributed by atoms with E-state index in [1.807, 2.05) is 12.1 Å². The minimum atomic E-state index is -0.931. The van der Waals surface area contributed by atoms with Crippen LogP contribution >= 0.6 is 23.2 Å². The molecule has 0 aliphatic heterocycles. The Kier molecular flexibility index (Phi) is 5.98. The van der Waals surface area contributed by atoms with Crippen LogP contribution in [0.15, 0.2) is 42.5 Å². The molecule has 0 saturated carbocycles. The number of hydrogen-bond donors (Lipinski definition) is 1. The Morgan fingerprint density at radius 2 is 1.89 bits per heavy atom. The Morgan fingerprint density at radius 3 is 2.63 bits per heavy atom. The Balaban J connectivity index is 1.85. The van der Waals surface area contributed by atoms with Crippen LogP contribution in [0.2, 0.25) is 10.0 Å². The molecule has 27 heavy (non-hydrogen) atoms. The normalized spacial score (nSPS) is 10.9. The fourth-order valence-electron chi connectivity index (χ4n) is 2.69. The van der Waals surface area contributed by atoms with Crippen molar-refractivity contribution in [2.75, 3.05) is 0 Å². The summed E-state index contributed by atoms with van der Waals surface area (Å²) < 4.78 is 7.19. The van der Waals surface area contributed by atoms with E-state index in [2.05, 4.69) is 4.98 Å². The van der Waals surface area contributed by atoms with E-state index in [1.54, 1.807) is 30.3 Å². The highest BCUT2D eigenvalue weighted by Crippen LogP contribution is 2.28. The number of hydrogen-bond acceptors (Lipinski definition) is 4. The van der Waals surface area contributed by atoms with Crippen molar-refractivity contribution >= 4 is 46.1 Å². The van der Waals surface area contributed by atoms with Crippen LogP contribution in [-0.4, -0.2) is 26.5 Å². The van der Waals surface area contributed by atoms with Gasteiger partial charge in [-0.1, -0.05) is 35.3 Å². The third-order valence-corrected chi connectivity index (χ3v) is 4.44. The average Bonchev–Trinajstić information content (AvgIpc) is 2.99. The zero-order chi connectivity index (χ0) is 19.4. The number of imidazole rings is 1. The highest BCUT2D eigenvalue weighted by molar-refractivity contribution is 6.35. The number of fused-ring (bicyclic) bond motifs is 1. The van der Waals surface area contributed by atoms with Gasteiger partial charge < -0.3 is 9.84 Å². The lowest BCUT2D eigenvalue weighted by atomic mass is 10.2. The molecular formula is C19H16Cl2N2O4. The standard InChI is InChI=1S/C19H16Cl2N2O4/c20-12-8-9-16(13(21)10-12)27-11-17-22-14-4-1-2-5-15(14)23(17)18(24)6-3-7-19(25)26/h1-2,4-5,8-10H,3,6-7,11H2,(H,25,26). The van der Waals surface area contributed by atoms with Gasteiger partial charge in [0.2, 0.25) is 5.91 Å². The maximum atomic E-state index is 12.7. The van der Waals surface area contributed by atoms with E-state index in [4.69, 9.17) is 33.0 Å². The number of para-hydroxylation sites is 2. The van der Waals surface area contributed by atoms with Gasteiger partial charge in [0.1, 0.15) is 12.4 Å². The molecule has 0 fully saturated rings. The van der Waals surface area contributed by atoms with Gasteiger partial charge in [0.25, 0.3) is 0 Å². The van der Waals surface area contributed by atoms with Crippen molar-refractivity contribution in [1.29, 1.82) is 0 Å². The lowest BCUT2D eigenvalue weighted by Gasteiger charge is -2.10. The Hall–Kier alpha value is -2.57. The first-order valence-corrected chi connectivity index (χ1v) is 9.00. The summed E-state index contributed by atoms with van der Waals surface area (Å²) in [6.07, 6.45) is 0.288. The third kappa shape index (κ3) is 4.59. The van der Waals surface area contributed by atoms with E-state index >= 15 is 0 Å². The van der Waals surface area contributed by atoms with Crippen LogP contribution in [0.25, 0.3) is 11.0 Å². The van der Waals surface area contributed by atoms with Crippen molar-refractivity contribution in [2.24, 2.45) is 0 Å². The molecule has 0 radical (unpaired) electrons. The fraction of sp³-hybridized carbons (Fsp3) is 0.211. The highest BCUT2D eigenvalue weighted by Gasteiger charge is 2.17. The molecule has 0 aliphatic rings. The molecule has 3 aromatic rings. The third-order valence-electron chi connectivity index (χ3n) is 3.91. The molecule has 0 unspecified atom stereocenters. The smallest absolute Gasteiger partial charge is 0.303 e. The molecule has 6 nitrogen and oxygen atoms in total. The summed E-state index contributed by atoms with van der Waals surface area (Å²) in [4.78, 5) is 27.8. The number of carboxylic acid groups (broad SMARTS) is 1. The molecule has 1 N–H and O–H groups in total. The molecule has 0 atom stereocenters. The first-order chi connectivity index (χ1) is 13.0. The Morgan fingerprint density at radius 1 is 1.11 bits per heavy atom. The van der Waals surface area contributed by atoms with Gasteiger partial charge in [-0.25, -0.2) is 4.98 Å². The second-order valence-electron chi connectivity index (χ2n) is 5.86. The van der Waals surface area contributed by atoms with Crippen LogP contribution in [-0.2, 0) is 11.4 Å². The molecule has 0 amide bonds. The minimum Gasteiger partial charge on any atom is -0.484 e. The van der Waals surface area contributed by atoms with Gasteiger partial charge in [-0.05, 0) is 36.8 Å². The predicted molar refractivity (Wildman–Crippen MR) is 103 cm³/mol. The van der Waals surface area contributed by atoms with Crippen LogP contribution in [0.5, 0.6) is 5.75 Å². The molecular weight excluding hydrogens is 391 g/mol. The molecule has 8 heteroatoms. The lowest BCUT2D eigenvalue weighted by molar-refractivity contribution is -0.137. The minimum absolute atomic E-state index is 0.0285. The molecule has 0 spiro atoms. The van der Waals surface area contributed by atoms with E-state index in [-0.39, 0.29) is 31.8 Å². The van der Waals surface area contributed by atoms with E-state index in [0.29, 0.717) is 32.7 Å². The molecule has 0 aliphatic carbocycles. The molecule has 2 aromatic carbocycles. The SMILES string of the molecule is O=C(O)CCCC(=O)n1c(COc2ccc(Cl)cc2Cl)nc2ccccc21. The molecule has 1 aromatic heterocycles. The van der Waals surface area contributed by atoms with Crippen LogP contribution in [0.1, 0.15) is 29.9 Å². The number of benzene rings is 2. The summed E-state index contributed by atoms with van der Waals surface area (Å²) in [7, 11) is 0. The number of halogens is 2. The van der Waals surface area contributed by atoms with Gasteiger partial charge in [0.15, 0.2) is 5.82 Å². The van der Waals surface area contributed by atoms with Gasteiger partial charge in [0, 0.05) is 17.9 Å². The number of nitrogens with zero attached hydrogens (tertiary/aromatic N) is 2. The van der Waals surface area contributed by atoms with Crippen molar-refractivity contribution in [1.82, 2.24) is 9.55 Å². The van der Waals surface area contributed by atoms with Gasteiger partial charge >= 0.3 is 5.97 Å². The van der Waals surface area contributed by atoms with Crippen molar-refractivity contribution in [3.05, 3.63) is 58.3 Å². The number of rotatable bonds is 7. The molecule has 1 heterocycles. The lowest BCUT2D eigenvalue weighted by Crippen LogP contribution is -2.16. The summed E-state index contributed by atoms with van der Waals surface area (Å²) >= 11 is 12.0. The van der Waals surface area contributed by atoms with Gasteiger partial charge in [-0.15, -0.1) is 0 Å². The summed E-state index contributed by atoms with van der Waals surface area (Å²) in [5.41, 5.74) is 1.31. The summed E-state index contributed by atoms with van der Waals surface area (Å²) in [5, 5.41) is 9.62. The van der Waals surface area contributed by atoms with E-state index in [0.717, 1.165) is 0 Å². The zero-order valence-electron chi connectivity index (χ0n) is 14.2. The van der Waals surface area contributed by atoms with Crippen LogP contribution in [0.4, 0.5) is 0 Å². The van der Waals surface area contributed by atoms with Crippen molar-refractivity contribution in [3.8, 4) is 5.75 Å². The van der Waals surface area contributed by atoms with Crippen LogP contribution in [0.3, 0.4) is 0 Å². The van der Waals surface area contributed by atoms with E-state index in [9.17, 15) is 9.59 Å². The van der Waals surface area contributed by atoms with Crippen LogP contribution in [0, 0.1) is 0 Å². The predicted octanol–water partition coefficient (Wildman–Crippen LogP) is 4.82. The van der Waals surface area contributed by atoms with Crippen molar-refractivity contribution in [2.45, 2.75) is 25.9 Å². The van der Waals surface area contributed by atoms with Crippen molar-refractivity contribution in [3.63, 3.8) is 0 Å². The molecule has 0 bridgehead atoms. The first kappa shape index (κ1) is 19.2. The Bertz CT molecular complexity index is 1000. The zero-order valence-corrected chi connectivity index (χ0v) is 15.7. The van der Waals surface area contributed by atoms with Crippen LogP contribution < -0.4 is 4.74 Å². The second-order valence-corrected chi connectivity index (χ2v) is 6.70. The van der Waals surface area contributed by atoms with Gasteiger partial charge in [-0.2, -0.15) is 0 Å². The van der Waals surface area contributed by atoms with Gasteiger partial charge in [-0.3, -0.25) is 14.2 Å².